The molecule has 2 bridgehead atoms. The summed E-state index contributed by atoms with van der Waals surface area (Å²) in [4.78, 5) is 24.3. The molecule has 3 aliphatic rings. The van der Waals surface area contributed by atoms with Crippen LogP contribution in [-0.4, -0.2) is 23.0 Å². The van der Waals surface area contributed by atoms with Gasteiger partial charge in [-0.05, 0) is 61.7 Å². The van der Waals surface area contributed by atoms with E-state index < -0.39 is 11.9 Å². The van der Waals surface area contributed by atoms with Crippen molar-refractivity contribution in [3.05, 3.63) is 0 Å². The van der Waals surface area contributed by atoms with Crippen LogP contribution in [-0.2, 0) is 9.59 Å². The van der Waals surface area contributed by atoms with Crippen molar-refractivity contribution in [3.63, 3.8) is 0 Å². The van der Waals surface area contributed by atoms with Crippen LogP contribution in [0.3, 0.4) is 0 Å². The number of hydrogen-bond donors (Lipinski definition) is 2. The van der Waals surface area contributed by atoms with Crippen molar-refractivity contribution >= 4 is 11.9 Å². The molecule has 0 radical (unpaired) electrons. The van der Waals surface area contributed by atoms with Gasteiger partial charge in [-0.2, -0.15) is 0 Å². The summed E-state index contributed by atoms with van der Waals surface area (Å²) in [5.41, 5.74) is 0.260. The van der Waals surface area contributed by atoms with Gasteiger partial charge in [-0.15, -0.1) is 0 Å². The zero-order valence-corrected chi connectivity index (χ0v) is 14.0. The molecule has 3 rings (SSSR count). The molecule has 4 nitrogen and oxygen atoms in total. The van der Waals surface area contributed by atoms with E-state index in [4.69, 9.17) is 0 Å². The highest BCUT2D eigenvalue weighted by atomic mass is 16.4. The normalized spacial score (nSPS) is 43.0. The number of fused-ring (bicyclic) bond motifs is 2. The summed E-state index contributed by atoms with van der Waals surface area (Å²) in [5.74, 6) is -0.381. The minimum absolute atomic E-state index is 0.00880. The molecular formula is C18H29NO3. The lowest BCUT2D eigenvalue weighted by atomic mass is 9.70. The van der Waals surface area contributed by atoms with E-state index in [2.05, 4.69) is 26.1 Å². The molecule has 0 saturated heterocycles. The average molecular weight is 307 g/mol. The molecule has 3 aliphatic carbocycles. The Morgan fingerprint density at radius 1 is 1.05 bits per heavy atom. The minimum atomic E-state index is -0.773. The van der Waals surface area contributed by atoms with E-state index in [9.17, 15) is 14.7 Å². The first-order chi connectivity index (χ1) is 10.3. The summed E-state index contributed by atoms with van der Waals surface area (Å²) in [5, 5.41) is 12.7. The number of carboxylic acids is 1. The lowest BCUT2D eigenvalue weighted by Gasteiger charge is -2.40. The van der Waals surface area contributed by atoms with Gasteiger partial charge in [0.2, 0.25) is 5.91 Å². The molecule has 124 valence electrons. The molecule has 0 aliphatic heterocycles. The predicted molar refractivity (Wildman–Crippen MR) is 84.2 cm³/mol. The van der Waals surface area contributed by atoms with Crippen LogP contribution in [0.25, 0.3) is 0 Å². The lowest BCUT2D eigenvalue weighted by molar-refractivity contribution is -0.149. The van der Waals surface area contributed by atoms with Crippen LogP contribution in [0.1, 0.15) is 59.3 Å². The van der Waals surface area contributed by atoms with E-state index in [0.717, 1.165) is 32.1 Å². The summed E-state index contributed by atoms with van der Waals surface area (Å²) >= 11 is 0. The molecule has 0 unspecified atom stereocenters. The summed E-state index contributed by atoms with van der Waals surface area (Å²) in [6, 6.07) is 0.208. The van der Waals surface area contributed by atoms with Gasteiger partial charge in [0.05, 0.1) is 11.8 Å². The first-order valence-corrected chi connectivity index (χ1v) is 8.80. The van der Waals surface area contributed by atoms with Gasteiger partial charge in [0, 0.05) is 6.04 Å². The Labute approximate surface area is 133 Å². The van der Waals surface area contributed by atoms with Gasteiger partial charge in [0.1, 0.15) is 0 Å². The van der Waals surface area contributed by atoms with Gasteiger partial charge in [-0.25, -0.2) is 0 Å². The van der Waals surface area contributed by atoms with Crippen LogP contribution in [0.15, 0.2) is 0 Å². The van der Waals surface area contributed by atoms with Crippen molar-refractivity contribution in [1.29, 1.82) is 0 Å². The third-order valence-corrected chi connectivity index (χ3v) is 6.24. The molecule has 0 spiro atoms. The fourth-order valence-electron chi connectivity index (χ4n) is 5.78. The molecular weight excluding hydrogens is 278 g/mol. The Balaban J connectivity index is 1.68. The highest BCUT2D eigenvalue weighted by Gasteiger charge is 2.54. The third kappa shape index (κ3) is 2.89. The molecule has 3 fully saturated rings. The molecule has 0 aromatic carbocycles. The predicted octanol–water partition coefficient (Wildman–Crippen LogP) is 3.06. The fraction of sp³-hybridized carbons (Fsp3) is 0.889. The van der Waals surface area contributed by atoms with Gasteiger partial charge < -0.3 is 10.4 Å². The Kier molecular flexibility index (Phi) is 3.98. The highest BCUT2D eigenvalue weighted by molar-refractivity contribution is 5.86. The zero-order valence-electron chi connectivity index (χ0n) is 14.0. The number of carboxylic acid groups (broad SMARTS) is 1. The molecule has 22 heavy (non-hydrogen) atoms. The Morgan fingerprint density at radius 3 is 2.27 bits per heavy atom. The van der Waals surface area contributed by atoms with Crippen molar-refractivity contribution in [2.75, 3.05) is 0 Å². The second kappa shape index (κ2) is 5.54. The van der Waals surface area contributed by atoms with Crippen molar-refractivity contribution in [2.24, 2.45) is 35.0 Å². The largest absolute Gasteiger partial charge is 0.481 e. The number of amides is 1. The Hall–Kier alpha value is -1.06. The molecule has 4 heteroatoms. The maximum absolute atomic E-state index is 12.8. The first-order valence-electron chi connectivity index (χ1n) is 8.80. The van der Waals surface area contributed by atoms with Crippen molar-refractivity contribution in [3.8, 4) is 0 Å². The summed E-state index contributed by atoms with van der Waals surface area (Å²) < 4.78 is 0. The van der Waals surface area contributed by atoms with Crippen LogP contribution >= 0.6 is 0 Å². The maximum Gasteiger partial charge on any atom is 0.307 e. The van der Waals surface area contributed by atoms with E-state index in [-0.39, 0.29) is 29.2 Å². The smallest absolute Gasteiger partial charge is 0.307 e. The van der Waals surface area contributed by atoms with Crippen LogP contribution < -0.4 is 5.32 Å². The third-order valence-electron chi connectivity index (χ3n) is 6.24. The average Bonchev–Trinajstić information content (AvgIpc) is 2.95. The zero-order chi connectivity index (χ0) is 16.1. The standard InChI is InChI=1S/C18H29NO3/c1-10-6-13(9-18(2,3)8-10)19-16(20)14-11-4-5-12(7-11)15(14)17(21)22/h10-15H,4-9H2,1-3H3,(H,19,20)(H,21,22)/t10-,11-,12-,13+,14+,15-/m0/s1. The van der Waals surface area contributed by atoms with Crippen LogP contribution in [0.5, 0.6) is 0 Å². The van der Waals surface area contributed by atoms with Crippen molar-refractivity contribution in [2.45, 2.75) is 65.3 Å². The van der Waals surface area contributed by atoms with Crippen molar-refractivity contribution < 1.29 is 14.7 Å². The summed E-state index contributed by atoms with van der Waals surface area (Å²) in [6.45, 7) is 6.77. The molecule has 0 aromatic rings. The first kappa shape index (κ1) is 15.8. The number of carbonyl (C=O) groups is 2. The number of nitrogens with one attached hydrogen (secondary N) is 1. The molecule has 1 amide bonds. The summed E-state index contributed by atoms with van der Waals surface area (Å²) in [6.07, 6.45) is 6.17. The minimum Gasteiger partial charge on any atom is -0.481 e. The fourth-order valence-corrected chi connectivity index (χ4v) is 5.78. The molecule has 6 atom stereocenters. The van der Waals surface area contributed by atoms with Crippen LogP contribution in [0.2, 0.25) is 0 Å². The second-order valence-electron chi connectivity index (χ2n) is 8.84. The van der Waals surface area contributed by atoms with Crippen LogP contribution in [0, 0.1) is 35.0 Å². The van der Waals surface area contributed by atoms with Crippen LogP contribution in [0.4, 0.5) is 0 Å². The number of aliphatic carboxylic acids is 1. The van der Waals surface area contributed by atoms with Gasteiger partial charge >= 0.3 is 5.97 Å². The number of carbonyl (C=O) groups excluding carboxylic acids is 1. The molecule has 0 heterocycles. The summed E-state index contributed by atoms with van der Waals surface area (Å²) in [7, 11) is 0. The van der Waals surface area contributed by atoms with Crippen molar-refractivity contribution in [1.82, 2.24) is 5.32 Å². The monoisotopic (exact) mass is 307 g/mol. The topological polar surface area (TPSA) is 66.4 Å². The maximum atomic E-state index is 12.8. The van der Waals surface area contributed by atoms with Gasteiger partial charge in [-0.1, -0.05) is 20.8 Å². The SMILES string of the molecule is C[C@H]1C[C@@H](NC(=O)[C@@H]2[C@H]3CC[C@@H](C3)[C@@H]2C(=O)O)CC(C)(C)C1. The van der Waals surface area contributed by atoms with Gasteiger partial charge in [0.15, 0.2) is 0 Å². The quantitative estimate of drug-likeness (QED) is 0.842. The molecule has 2 N–H and O–H groups in total. The lowest BCUT2D eigenvalue weighted by Crippen LogP contribution is -2.48. The Bertz CT molecular complexity index is 473. The van der Waals surface area contributed by atoms with E-state index >= 15 is 0 Å². The number of rotatable bonds is 3. The number of hydrogen-bond acceptors (Lipinski definition) is 2. The van der Waals surface area contributed by atoms with Gasteiger partial charge in [0.25, 0.3) is 0 Å². The Morgan fingerprint density at radius 2 is 1.68 bits per heavy atom. The molecule has 3 saturated carbocycles. The second-order valence-corrected chi connectivity index (χ2v) is 8.84. The van der Waals surface area contributed by atoms with E-state index in [1.54, 1.807) is 0 Å². The van der Waals surface area contributed by atoms with E-state index in [0.29, 0.717) is 11.8 Å². The highest BCUT2D eigenvalue weighted by Crippen LogP contribution is 2.52. The molecule has 0 aromatic heterocycles. The van der Waals surface area contributed by atoms with E-state index in [1.807, 2.05) is 0 Å². The van der Waals surface area contributed by atoms with Gasteiger partial charge in [-0.3, -0.25) is 9.59 Å². The van der Waals surface area contributed by atoms with E-state index in [1.165, 1.54) is 6.42 Å².